The van der Waals surface area contributed by atoms with Crippen LogP contribution in [0.5, 0.6) is 0 Å². The van der Waals surface area contributed by atoms with Gasteiger partial charge in [-0.1, -0.05) is 6.92 Å². The molecule has 0 radical (unpaired) electrons. The summed E-state index contributed by atoms with van der Waals surface area (Å²) in [5.74, 6) is -0.768. The van der Waals surface area contributed by atoms with E-state index in [1.165, 1.54) is 0 Å². The number of nitrogens with two attached hydrogens (primary N) is 2. The first-order chi connectivity index (χ1) is 14.4. The number of anilines is 3. The molecule has 1 aliphatic carbocycles. The molecule has 1 aliphatic rings. The van der Waals surface area contributed by atoms with Crippen LogP contribution in [0.1, 0.15) is 42.7 Å². The Morgan fingerprint density at radius 2 is 2.10 bits per heavy atom. The van der Waals surface area contributed by atoms with E-state index in [1.807, 2.05) is 32.0 Å². The fourth-order valence-electron chi connectivity index (χ4n) is 3.71. The number of primary amides is 1. The normalized spacial score (nSPS) is 15.7. The molecule has 2 heterocycles. The van der Waals surface area contributed by atoms with Crippen LogP contribution in [0, 0.1) is 11.7 Å². The number of pyridine rings is 1. The fraction of sp³-hybridized carbons (Fsp3) is 0.381. The highest BCUT2D eigenvalue weighted by Gasteiger charge is 2.34. The van der Waals surface area contributed by atoms with Gasteiger partial charge in [0.1, 0.15) is 5.82 Å². The van der Waals surface area contributed by atoms with Crippen LogP contribution in [0.3, 0.4) is 0 Å². The number of rotatable bonds is 8. The van der Waals surface area contributed by atoms with E-state index in [4.69, 9.17) is 11.5 Å². The Bertz CT molecular complexity index is 1090. The quantitative estimate of drug-likeness (QED) is 0.387. The van der Waals surface area contributed by atoms with Crippen LogP contribution in [-0.2, 0) is 6.42 Å². The lowest BCUT2D eigenvalue weighted by Gasteiger charge is -2.23. The average Bonchev–Trinajstić information content (AvgIpc) is 3.46. The Kier molecular flexibility index (Phi) is 5.29. The number of aromatic nitrogens is 3. The number of fused-ring (bicyclic) bond motifs is 1. The van der Waals surface area contributed by atoms with Crippen LogP contribution in [0.15, 0.2) is 24.3 Å². The van der Waals surface area contributed by atoms with E-state index in [0.29, 0.717) is 11.6 Å². The van der Waals surface area contributed by atoms with E-state index >= 15 is 0 Å². The third-order valence-corrected chi connectivity index (χ3v) is 5.49. The zero-order valence-electron chi connectivity index (χ0n) is 17.0. The van der Waals surface area contributed by atoms with Gasteiger partial charge in [0.15, 0.2) is 11.6 Å². The highest BCUT2D eigenvalue weighted by atomic mass is 19.1. The summed E-state index contributed by atoms with van der Waals surface area (Å²) in [5, 5.41) is 14.5. The molecule has 0 bridgehead atoms. The third kappa shape index (κ3) is 3.93. The van der Waals surface area contributed by atoms with Crippen molar-refractivity contribution in [1.29, 1.82) is 0 Å². The van der Waals surface area contributed by atoms with Crippen LogP contribution in [0.2, 0.25) is 0 Å². The Morgan fingerprint density at radius 3 is 2.73 bits per heavy atom. The van der Waals surface area contributed by atoms with Gasteiger partial charge in [0, 0.05) is 28.9 Å². The lowest BCUT2D eigenvalue weighted by molar-refractivity contribution is 0.100. The Labute approximate surface area is 173 Å². The molecule has 9 heteroatoms. The van der Waals surface area contributed by atoms with Crippen LogP contribution in [0.4, 0.5) is 21.7 Å². The smallest absolute Gasteiger partial charge is 0.252 e. The number of carbonyl (C=O) groups is 1. The first kappa shape index (κ1) is 20.1. The summed E-state index contributed by atoms with van der Waals surface area (Å²) in [4.78, 5) is 16.3. The van der Waals surface area contributed by atoms with Crippen LogP contribution in [-0.4, -0.2) is 33.2 Å². The number of benzene rings is 1. The first-order valence-electron chi connectivity index (χ1n) is 10.1. The lowest BCUT2D eigenvalue weighted by Crippen LogP contribution is -2.40. The van der Waals surface area contributed by atoms with E-state index in [0.717, 1.165) is 41.9 Å². The number of hydrogen-bond donors (Lipinski definition) is 5. The molecular formula is C21H26FN7O. The SMILES string of the molecule is CCc1[nH]nc2ccc(Nc3nc(N[C@H](C4CC4)[C@H](C)N)c(F)cc3C(N)=O)cc12. The summed E-state index contributed by atoms with van der Waals surface area (Å²) in [7, 11) is 0. The van der Waals surface area contributed by atoms with Crippen molar-refractivity contribution in [1.82, 2.24) is 15.2 Å². The number of nitrogens with zero attached hydrogens (tertiary/aromatic N) is 2. The summed E-state index contributed by atoms with van der Waals surface area (Å²) in [6.45, 7) is 3.92. The molecule has 3 aromatic rings. The number of amides is 1. The number of hydrogen-bond acceptors (Lipinski definition) is 6. The molecule has 0 aliphatic heterocycles. The van der Waals surface area contributed by atoms with E-state index in [-0.39, 0.29) is 29.3 Å². The molecule has 0 saturated heterocycles. The fourth-order valence-corrected chi connectivity index (χ4v) is 3.71. The van der Waals surface area contributed by atoms with E-state index < -0.39 is 11.7 Å². The maximum Gasteiger partial charge on any atom is 0.252 e. The van der Waals surface area contributed by atoms with Crippen molar-refractivity contribution >= 4 is 34.1 Å². The lowest BCUT2D eigenvalue weighted by atomic mass is 10.1. The van der Waals surface area contributed by atoms with Crippen LogP contribution < -0.4 is 22.1 Å². The highest BCUT2D eigenvalue weighted by molar-refractivity contribution is 5.99. The highest BCUT2D eigenvalue weighted by Crippen LogP contribution is 2.36. The maximum absolute atomic E-state index is 14.7. The van der Waals surface area contributed by atoms with E-state index in [2.05, 4.69) is 25.8 Å². The van der Waals surface area contributed by atoms with Crippen molar-refractivity contribution in [3.05, 3.63) is 41.3 Å². The average molecular weight is 411 g/mol. The van der Waals surface area contributed by atoms with Crippen molar-refractivity contribution in [3.8, 4) is 0 Å². The molecule has 1 fully saturated rings. The van der Waals surface area contributed by atoms with Gasteiger partial charge in [0.2, 0.25) is 0 Å². The molecule has 2 atom stereocenters. The van der Waals surface area contributed by atoms with Crippen molar-refractivity contribution < 1.29 is 9.18 Å². The van der Waals surface area contributed by atoms with Gasteiger partial charge in [0.25, 0.3) is 5.91 Å². The van der Waals surface area contributed by atoms with Gasteiger partial charge < -0.3 is 22.1 Å². The second kappa shape index (κ2) is 7.91. The molecule has 7 N–H and O–H groups in total. The molecule has 4 rings (SSSR count). The van der Waals surface area contributed by atoms with Crippen molar-refractivity contribution in [2.45, 2.75) is 45.2 Å². The second-order valence-electron chi connectivity index (χ2n) is 7.86. The molecular weight excluding hydrogens is 385 g/mol. The molecule has 2 aromatic heterocycles. The van der Waals surface area contributed by atoms with Gasteiger partial charge >= 0.3 is 0 Å². The van der Waals surface area contributed by atoms with E-state index in [9.17, 15) is 9.18 Å². The molecule has 0 unspecified atom stereocenters. The van der Waals surface area contributed by atoms with Gasteiger partial charge in [-0.05, 0) is 56.4 Å². The number of H-pyrrole nitrogens is 1. The Morgan fingerprint density at radius 1 is 1.33 bits per heavy atom. The number of aromatic amines is 1. The summed E-state index contributed by atoms with van der Waals surface area (Å²) >= 11 is 0. The second-order valence-corrected chi connectivity index (χ2v) is 7.86. The number of carbonyl (C=O) groups excluding carboxylic acids is 1. The minimum atomic E-state index is -0.764. The maximum atomic E-state index is 14.7. The summed E-state index contributed by atoms with van der Waals surface area (Å²) in [5.41, 5.74) is 14.1. The Balaban J connectivity index is 1.69. The van der Waals surface area contributed by atoms with Gasteiger partial charge in [-0.2, -0.15) is 5.10 Å². The summed E-state index contributed by atoms with van der Waals surface area (Å²) < 4.78 is 14.7. The molecule has 1 saturated carbocycles. The monoisotopic (exact) mass is 411 g/mol. The topological polar surface area (TPSA) is 135 Å². The largest absolute Gasteiger partial charge is 0.365 e. The number of aryl methyl sites for hydroxylation is 1. The zero-order valence-corrected chi connectivity index (χ0v) is 17.0. The van der Waals surface area contributed by atoms with Crippen molar-refractivity contribution in [3.63, 3.8) is 0 Å². The summed E-state index contributed by atoms with van der Waals surface area (Å²) in [6.07, 6.45) is 2.90. The van der Waals surface area contributed by atoms with Crippen LogP contribution >= 0.6 is 0 Å². The van der Waals surface area contributed by atoms with Gasteiger partial charge in [-0.15, -0.1) is 0 Å². The first-order valence-corrected chi connectivity index (χ1v) is 10.1. The molecule has 8 nitrogen and oxygen atoms in total. The molecule has 1 aromatic carbocycles. The predicted molar refractivity (Wildman–Crippen MR) is 115 cm³/mol. The minimum absolute atomic E-state index is 0.0233. The predicted octanol–water partition coefficient (Wildman–Crippen LogP) is 3.04. The zero-order chi connectivity index (χ0) is 21.4. The molecule has 30 heavy (non-hydrogen) atoms. The molecule has 1 amide bonds. The number of halogens is 1. The van der Waals surface area contributed by atoms with Crippen molar-refractivity contribution in [2.75, 3.05) is 10.6 Å². The van der Waals surface area contributed by atoms with Crippen LogP contribution in [0.25, 0.3) is 10.9 Å². The van der Waals surface area contributed by atoms with Crippen molar-refractivity contribution in [2.24, 2.45) is 17.4 Å². The van der Waals surface area contributed by atoms with E-state index in [1.54, 1.807) is 0 Å². The molecule has 158 valence electrons. The molecule has 0 spiro atoms. The Hall–Kier alpha value is -3.20. The van der Waals surface area contributed by atoms with Gasteiger partial charge in [-0.3, -0.25) is 9.89 Å². The van der Waals surface area contributed by atoms with Gasteiger partial charge in [-0.25, -0.2) is 9.37 Å². The van der Waals surface area contributed by atoms with Gasteiger partial charge in [0.05, 0.1) is 11.1 Å². The third-order valence-electron chi connectivity index (χ3n) is 5.49. The number of nitrogens with one attached hydrogen (secondary N) is 3. The summed E-state index contributed by atoms with van der Waals surface area (Å²) in [6, 6.07) is 6.45. The minimum Gasteiger partial charge on any atom is -0.365 e. The standard InChI is InChI=1S/C21H26FN7O/c1-3-16-13-8-12(6-7-17(13)29-28-16)25-20-14(19(24)30)9-15(22)21(27-20)26-18(10(2)23)11-4-5-11/h6-11,18H,3-5,23H2,1-2H3,(H2,24,30)(H,28,29)(H2,25,26,27)/t10-,18-/m0/s1.